The molecular formula is C25H22N4OS. The van der Waals surface area contributed by atoms with Crippen LogP contribution >= 0.6 is 11.8 Å². The first-order valence-corrected chi connectivity index (χ1v) is 10.8. The molecule has 31 heavy (non-hydrogen) atoms. The summed E-state index contributed by atoms with van der Waals surface area (Å²) in [5, 5.41) is 12.0. The zero-order chi connectivity index (χ0) is 21.5. The van der Waals surface area contributed by atoms with Crippen molar-refractivity contribution >= 4 is 23.4 Å². The molecule has 3 aromatic carbocycles. The van der Waals surface area contributed by atoms with E-state index in [1.807, 2.05) is 95.6 Å². The fourth-order valence-electron chi connectivity index (χ4n) is 3.21. The first-order valence-electron chi connectivity index (χ1n) is 9.93. The van der Waals surface area contributed by atoms with Gasteiger partial charge in [-0.05, 0) is 17.7 Å². The molecule has 1 N–H and O–H groups in total. The van der Waals surface area contributed by atoms with Gasteiger partial charge < -0.3 is 5.32 Å². The summed E-state index contributed by atoms with van der Waals surface area (Å²) in [5.41, 5.74) is 2.62. The molecule has 1 aromatic heterocycles. The minimum absolute atomic E-state index is 0.114. The molecule has 1 atom stereocenters. The SMILES string of the molecule is C=CCn1c(SC(C(=O)Nc2ccccc2)c2ccccc2)nnc1-c1ccccc1. The van der Waals surface area contributed by atoms with E-state index in [1.165, 1.54) is 11.8 Å². The molecule has 1 unspecified atom stereocenters. The average Bonchev–Trinajstić information content (AvgIpc) is 3.22. The number of hydrogen-bond acceptors (Lipinski definition) is 4. The number of para-hydroxylation sites is 1. The van der Waals surface area contributed by atoms with Crippen LogP contribution in [0.1, 0.15) is 10.8 Å². The lowest BCUT2D eigenvalue weighted by molar-refractivity contribution is -0.115. The van der Waals surface area contributed by atoms with Gasteiger partial charge in [-0.15, -0.1) is 16.8 Å². The molecule has 4 aromatic rings. The molecule has 0 saturated heterocycles. The van der Waals surface area contributed by atoms with Crippen molar-refractivity contribution in [1.29, 1.82) is 0 Å². The summed E-state index contributed by atoms with van der Waals surface area (Å²) in [7, 11) is 0. The number of hydrogen-bond donors (Lipinski definition) is 1. The van der Waals surface area contributed by atoms with E-state index in [0.29, 0.717) is 11.7 Å². The Hall–Kier alpha value is -3.64. The lowest BCUT2D eigenvalue weighted by Gasteiger charge is -2.17. The quantitative estimate of drug-likeness (QED) is 0.294. The van der Waals surface area contributed by atoms with Crippen molar-refractivity contribution in [1.82, 2.24) is 14.8 Å². The monoisotopic (exact) mass is 426 g/mol. The van der Waals surface area contributed by atoms with Crippen molar-refractivity contribution in [2.24, 2.45) is 0 Å². The Kier molecular flexibility index (Phi) is 6.59. The van der Waals surface area contributed by atoms with Crippen LogP contribution in [0.4, 0.5) is 5.69 Å². The normalized spacial score (nSPS) is 11.6. The molecule has 0 aliphatic carbocycles. The van der Waals surface area contributed by atoms with Crippen LogP contribution in [0, 0.1) is 0 Å². The van der Waals surface area contributed by atoms with Crippen molar-refractivity contribution in [2.45, 2.75) is 17.0 Å². The minimum atomic E-state index is -0.488. The number of anilines is 1. The number of nitrogens with one attached hydrogen (secondary N) is 1. The van der Waals surface area contributed by atoms with Crippen LogP contribution in [0.25, 0.3) is 11.4 Å². The van der Waals surface area contributed by atoms with Gasteiger partial charge in [-0.1, -0.05) is 96.7 Å². The third-order valence-electron chi connectivity index (χ3n) is 4.67. The van der Waals surface area contributed by atoms with Crippen molar-refractivity contribution < 1.29 is 4.79 Å². The number of carbonyl (C=O) groups is 1. The highest BCUT2D eigenvalue weighted by atomic mass is 32.2. The maximum Gasteiger partial charge on any atom is 0.242 e. The molecule has 0 spiro atoms. The number of allylic oxidation sites excluding steroid dienone is 1. The topological polar surface area (TPSA) is 59.8 Å². The highest BCUT2D eigenvalue weighted by Crippen LogP contribution is 2.36. The van der Waals surface area contributed by atoms with Crippen LogP contribution in [0.3, 0.4) is 0 Å². The zero-order valence-corrected chi connectivity index (χ0v) is 17.7. The number of benzene rings is 3. The standard InChI is InChI=1S/C25H22N4OS/c1-2-18-29-23(20-14-8-4-9-15-20)27-28-25(29)31-22(19-12-6-3-7-13-19)24(30)26-21-16-10-5-11-17-21/h2-17,22H,1,18H2,(H,26,30). The average molecular weight is 427 g/mol. The molecule has 0 radical (unpaired) electrons. The molecular weight excluding hydrogens is 404 g/mol. The Morgan fingerprint density at radius 1 is 0.935 bits per heavy atom. The zero-order valence-electron chi connectivity index (χ0n) is 16.9. The Balaban J connectivity index is 1.68. The number of amides is 1. The lowest BCUT2D eigenvalue weighted by Crippen LogP contribution is -2.19. The smallest absolute Gasteiger partial charge is 0.242 e. The van der Waals surface area contributed by atoms with Crippen LogP contribution in [-0.2, 0) is 11.3 Å². The summed E-state index contributed by atoms with van der Waals surface area (Å²) in [5.74, 6) is 0.634. The van der Waals surface area contributed by atoms with Crippen LogP contribution in [0.2, 0.25) is 0 Å². The Morgan fingerprint density at radius 2 is 1.55 bits per heavy atom. The molecule has 0 bridgehead atoms. The van der Waals surface area contributed by atoms with Gasteiger partial charge in [-0.2, -0.15) is 0 Å². The fraction of sp³-hybridized carbons (Fsp3) is 0.0800. The third-order valence-corrected chi connectivity index (χ3v) is 5.90. The molecule has 5 nitrogen and oxygen atoms in total. The molecule has 6 heteroatoms. The third kappa shape index (κ3) is 4.92. The van der Waals surface area contributed by atoms with Crippen LogP contribution in [0.15, 0.2) is 109 Å². The Labute approximate surface area is 185 Å². The minimum Gasteiger partial charge on any atom is -0.325 e. The number of carbonyl (C=O) groups excluding carboxylic acids is 1. The number of thioether (sulfide) groups is 1. The molecule has 4 rings (SSSR count). The summed E-state index contributed by atoms with van der Waals surface area (Å²) in [6, 6.07) is 29.1. The number of nitrogens with zero attached hydrogens (tertiary/aromatic N) is 3. The second-order valence-electron chi connectivity index (χ2n) is 6.84. The van der Waals surface area contributed by atoms with Gasteiger partial charge in [0, 0.05) is 17.8 Å². The molecule has 0 saturated carbocycles. The van der Waals surface area contributed by atoms with Gasteiger partial charge in [0.15, 0.2) is 11.0 Å². The van der Waals surface area contributed by atoms with Gasteiger partial charge in [0.25, 0.3) is 0 Å². The van der Waals surface area contributed by atoms with E-state index >= 15 is 0 Å². The Morgan fingerprint density at radius 3 is 2.19 bits per heavy atom. The number of rotatable bonds is 8. The largest absolute Gasteiger partial charge is 0.325 e. The first kappa shape index (κ1) is 20.6. The first-order chi connectivity index (χ1) is 15.3. The van der Waals surface area contributed by atoms with Gasteiger partial charge >= 0.3 is 0 Å². The lowest BCUT2D eigenvalue weighted by atomic mass is 10.1. The predicted octanol–water partition coefficient (Wildman–Crippen LogP) is 5.60. The molecule has 0 aliphatic rings. The van der Waals surface area contributed by atoms with Crippen LogP contribution < -0.4 is 5.32 Å². The van der Waals surface area contributed by atoms with Crippen molar-refractivity contribution in [3.05, 3.63) is 109 Å². The van der Waals surface area contributed by atoms with Crippen molar-refractivity contribution in [3.8, 4) is 11.4 Å². The maximum absolute atomic E-state index is 13.3. The van der Waals surface area contributed by atoms with E-state index in [0.717, 1.165) is 22.6 Å². The molecule has 0 aliphatic heterocycles. The van der Waals surface area contributed by atoms with Crippen molar-refractivity contribution in [3.63, 3.8) is 0 Å². The highest BCUT2D eigenvalue weighted by molar-refractivity contribution is 8.00. The molecule has 1 amide bonds. The van der Waals surface area contributed by atoms with Crippen molar-refractivity contribution in [2.75, 3.05) is 5.32 Å². The van der Waals surface area contributed by atoms with Gasteiger partial charge in [0.1, 0.15) is 5.25 Å². The summed E-state index contributed by atoms with van der Waals surface area (Å²) < 4.78 is 1.98. The summed E-state index contributed by atoms with van der Waals surface area (Å²) in [6.07, 6.45) is 1.81. The molecule has 1 heterocycles. The fourth-order valence-corrected chi connectivity index (χ4v) is 4.25. The maximum atomic E-state index is 13.3. The predicted molar refractivity (Wildman–Crippen MR) is 126 cm³/mol. The van der Waals surface area contributed by atoms with E-state index in [1.54, 1.807) is 6.08 Å². The second-order valence-corrected chi connectivity index (χ2v) is 7.91. The van der Waals surface area contributed by atoms with E-state index < -0.39 is 5.25 Å². The van der Waals surface area contributed by atoms with E-state index in [4.69, 9.17) is 0 Å². The van der Waals surface area contributed by atoms with E-state index in [-0.39, 0.29) is 5.91 Å². The molecule has 154 valence electrons. The van der Waals surface area contributed by atoms with Gasteiger partial charge in [-0.25, -0.2) is 0 Å². The highest BCUT2D eigenvalue weighted by Gasteiger charge is 2.26. The number of aromatic nitrogens is 3. The van der Waals surface area contributed by atoms with Crippen LogP contribution in [0.5, 0.6) is 0 Å². The van der Waals surface area contributed by atoms with E-state index in [2.05, 4.69) is 22.1 Å². The van der Waals surface area contributed by atoms with Gasteiger partial charge in [0.2, 0.25) is 5.91 Å². The van der Waals surface area contributed by atoms with Gasteiger partial charge in [0.05, 0.1) is 0 Å². The van der Waals surface area contributed by atoms with Crippen LogP contribution in [-0.4, -0.2) is 20.7 Å². The second kappa shape index (κ2) is 9.91. The summed E-state index contributed by atoms with van der Waals surface area (Å²) in [4.78, 5) is 13.3. The van der Waals surface area contributed by atoms with Gasteiger partial charge in [-0.3, -0.25) is 9.36 Å². The Bertz CT molecular complexity index is 1140. The summed E-state index contributed by atoms with van der Waals surface area (Å²) in [6.45, 7) is 4.42. The van der Waals surface area contributed by atoms with E-state index in [9.17, 15) is 4.79 Å². The molecule has 0 fully saturated rings. The summed E-state index contributed by atoms with van der Waals surface area (Å²) >= 11 is 1.38.